The van der Waals surface area contributed by atoms with Gasteiger partial charge in [-0.15, -0.1) is 0 Å². The number of rotatable bonds is 5. The van der Waals surface area contributed by atoms with E-state index < -0.39 is 39.5 Å². The Bertz CT molecular complexity index is 900. The Hall–Kier alpha value is -2.85. The van der Waals surface area contributed by atoms with Crippen molar-refractivity contribution in [3.05, 3.63) is 65.7 Å². The molecule has 26 heavy (non-hydrogen) atoms. The Morgan fingerprint density at radius 2 is 1.38 bits per heavy atom. The smallest absolute Gasteiger partial charge is 0.269 e. The molecule has 0 aromatic heterocycles. The fraction of sp³-hybridized carbons (Fsp3) is 0.125. The van der Waals surface area contributed by atoms with E-state index in [4.69, 9.17) is 0 Å². The summed E-state index contributed by atoms with van der Waals surface area (Å²) in [5.74, 6) is -2.65. The van der Waals surface area contributed by atoms with E-state index in [0.717, 1.165) is 36.4 Å². The van der Waals surface area contributed by atoms with Gasteiger partial charge in [-0.2, -0.15) is 4.72 Å². The van der Waals surface area contributed by atoms with Gasteiger partial charge >= 0.3 is 0 Å². The number of sulfonamides is 1. The Morgan fingerprint density at radius 1 is 0.885 bits per heavy atom. The normalized spacial score (nSPS) is 12.3. The lowest BCUT2D eigenvalue weighted by molar-refractivity contribution is -0.123. The van der Waals surface area contributed by atoms with Crippen molar-refractivity contribution in [2.75, 3.05) is 0 Å². The average molecular weight is 383 g/mol. The van der Waals surface area contributed by atoms with E-state index in [0.29, 0.717) is 0 Å². The van der Waals surface area contributed by atoms with Crippen LogP contribution in [0.2, 0.25) is 0 Å². The SMILES string of the molecule is C[C@H](NS(=O)(=O)c1ccc(F)cc1)C(=O)NNC(=O)c1ccc(F)cc1. The number of benzene rings is 2. The summed E-state index contributed by atoms with van der Waals surface area (Å²) >= 11 is 0. The molecule has 0 heterocycles. The molecule has 2 rings (SSSR count). The summed E-state index contributed by atoms with van der Waals surface area (Å²) in [7, 11) is -4.05. The fourth-order valence-electron chi connectivity index (χ4n) is 1.87. The monoisotopic (exact) mass is 383 g/mol. The second-order valence-corrected chi connectivity index (χ2v) is 6.96. The van der Waals surface area contributed by atoms with Crippen LogP contribution in [0, 0.1) is 11.6 Å². The highest BCUT2D eigenvalue weighted by molar-refractivity contribution is 7.89. The molecule has 0 saturated carbocycles. The maximum atomic E-state index is 12.9. The van der Waals surface area contributed by atoms with Crippen molar-refractivity contribution in [2.24, 2.45) is 0 Å². The van der Waals surface area contributed by atoms with Gasteiger partial charge in [0, 0.05) is 5.56 Å². The summed E-state index contributed by atoms with van der Waals surface area (Å²) in [5, 5.41) is 0. The van der Waals surface area contributed by atoms with E-state index in [-0.39, 0.29) is 10.5 Å². The Morgan fingerprint density at radius 3 is 1.92 bits per heavy atom. The van der Waals surface area contributed by atoms with Crippen LogP contribution in [0.4, 0.5) is 8.78 Å². The van der Waals surface area contributed by atoms with Crippen LogP contribution in [0.25, 0.3) is 0 Å². The lowest BCUT2D eigenvalue weighted by atomic mass is 10.2. The number of amides is 2. The van der Waals surface area contributed by atoms with Crippen LogP contribution in [0.15, 0.2) is 53.4 Å². The van der Waals surface area contributed by atoms with Gasteiger partial charge in [-0.05, 0) is 55.5 Å². The zero-order valence-electron chi connectivity index (χ0n) is 13.5. The van der Waals surface area contributed by atoms with E-state index in [1.807, 2.05) is 0 Å². The summed E-state index contributed by atoms with van der Waals surface area (Å²) in [6.45, 7) is 1.26. The first-order chi connectivity index (χ1) is 12.2. The summed E-state index contributed by atoms with van der Waals surface area (Å²) in [4.78, 5) is 23.5. The first kappa shape index (κ1) is 19.5. The molecule has 0 fully saturated rings. The summed E-state index contributed by atoms with van der Waals surface area (Å²) in [5.41, 5.74) is 4.25. The Balaban J connectivity index is 1.93. The molecule has 0 aliphatic rings. The van der Waals surface area contributed by atoms with Gasteiger partial charge in [0.15, 0.2) is 0 Å². The second kappa shape index (κ2) is 8.02. The first-order valence-electron chi connectivity index (χ1n) is 7.33. The molecule has 0 saturated heterocycles. The third-order valence-corrected chi connectivity index (χ3v) is 4.81. The molecule has 0 aliphatic heterocycles. The van der Waals surface area contributed by atoms with Gasteiger partial charge in [-0.25, -0.2) is 17.2 Å². The minimum atomic E-state index is -4.05. The molecule has 1 atom stereocenters. The number of hydrogen-bond donors (Lipinski definition) is 3. The Labute approximate surface area is 148 Å². The average Bonchev–Trinajstić information content (AvgIpc) is 2.60. The molecule has 0 unspecified atom stereocenters. The molecule has 2 aromatic carbocycles. The molecule has 0 radical (unpaired) electrons. The van der Waals surface area contributed by atoms with Crippen molar-refractivity contribution >= 4 is 21.8 Å². The van der Waals surface area contributed by atoms with Crippen LogP contribution < -0.4 is 15.6 Å². The van der Waals surface area contributed by atoms with Crippen LogP contribution in [-0.4, -0.2) is 26.3 Å². The highest BCUT2D eigenvalue weighted by atomic mass is 32.2. The maximum absolute atomic E-state index is 12.9. The molecule has 0 aliphatic carbocycles. The van der Waals surface area contributed by atoms with Gasteiger partial charge < -0.3 is 0 Å². The second-order valence-electron chi connectivity index (χ2n) is 5.25. The largest absolute Gasteiger partial charge is 0.271 e. The number of hydrogen-bond acceptors (Lipinski definition) is 4. The molecular weight excluding hydrogens is 368 g/mol. The predicted octanol–water partition coefficient (Wildman–Crippen LogP) is 1.09. The molecule has 10 heteroatoms. The van der Waals surface area contributed by atoms with Crippen LogP contribution in [-0.2, 0) is 14.8 Å². The highest BCUT2D eigenvalue weighted by Crippen LogP contribution is 2.10. The molecule has 0 spiro atoms. The van der Waals surface area contributed by atoms with Crippen LogP contribution >= 0.6 is 0 Å². The molecule has 2 aromatic rings. The van der Waals surface area contributed by atoms with E-state index in [2.05, 4.69) is 15.6 Å². The predicted molar refractivity (Wildman–Crippen MR) is 88.2 cm³/mol. The van der Waals surface area contributed by atoms with E-state index in [9.17, 15) is 26.8 Å². The molecule has 3 N–H and O–H groups in total. The minimum absolute atomic E-state index is 0.103. The maximum Gasteiger partial charge on any atom is 0.269 e. The standard InChI is InChI=1S/C16H15F2N3O4S/c1-10(21-26(24,25)14-8-6-13(18)7-9-14)15(22)19-20-16(23)11-2-4-12(17)5-3-11/h2-10,21H,1H3,(H,19,22)(H,20,23)/t10-/m0/s1. The first-order valence-corrected chi connectivity index (χ1v) is 8.81. The quantitative estimate of drug-likeness (QED) is 0.673. The lowest BCUT2D eigenvalue weighted by Gasteiger charge is -2.15. The third kappa shape index (κ3) is 5.07. The molecule has 7 nitrogen and oxygen atoms in total. The number of hydrazine groups is 1. The zero-order valence-corrected chi connectivity index (χ0v) is 14.3. The van der Waals surface area contributed by atoms with Crippen LogP contribution in [0.5, 0.6) is 0 Å². The highest BCUT2D eigenvalue weighted by Gasteiger charge is 2.22. The third-order valence-electron chi connectivity index (χ3n) is 3.25. The van der Waals surface area contributed by atoms with Gasteiger partial charge in [0.25, 0.3) is 11.8 Å². The lowest BCUT2D eigenvalue weighted by Crippen LogP contribution is -2.51. The van der Waals surface area contributed by atoms with Gasteiger partial charge in [-0.3, -0.25) is 20.4 Å². The molecular formula is C16H15F2N3O4S. The van der Waals surface area contributed by atoms with Crippen molar-refractivity contribution in [2.45, 2.75) is 17.9 Å². The topological polar surface area (TPSA) is 104 Å². The van der Waals surface area contributed by atoms with Crippen molar-refractivity contribution in [3.63, 3.8) is 0 Å². The fourth-order valence-corrected chi connectivity index (χ4v) is 3.07. The minimum Gasteiger partial charge on any atom is -0.271 e. The summed E-state index contributed by atoms with van der Waals surface area (Å²) in [6, 6.07) is 7.43. The zero-order chi connectivity index (χ0) is 19.3. The summed E-state index contributed by atoms with van der Waals surface area (Å²) in [6.07, 6.45) is 0. The van der Waals surface area contributed by atoms with Gasteiger partial charge in [-0.1, -0.05) is 0 Å². The van der Waals surface area contributed by atoms with Crippen molar-refractivity contribution in [1.82, 2.24) is 15.6 Å². The molecule has 0 bridgehead atoms. The van der Waals surface area contributed by atoms with Crippen LogP contribution in [0.1, 0.15) is 17.3 Å². The Kier molecular flexibility index (Phi) is 6.01. The van der Waals surface area contributed by atoms with E-state index in [1.165, 1.54) is 19.1 Å². The number of nitrogens with one attached hydrogen (secondary N) is 3. The number of halogens is 2. The van der Waals surface area contributed by atoms with Crippen molar-refractivity contribution in [3.8, 4) is 0 Å². The molecule has 2 amide bonds. The van der Waals surface area contributed by atoms with E-state index >= 15 is 0 Å². The number of carbonyl (C=O) groups is 2. The van der Waals surface area contributed by atoms with Crippen molar-refractivity contribution < 1.29 is 26.8 Å². The summed E-state index contributed by atoms with van der Waals surface area (Å²) < 4.78 is 52.0. The molecule has 138 valence electrons. The van der Waals surface area contributed by atoms with Gasteiger partial charge in [0.05, 0.1) is 10.9 Å². The van der Waals surface area contributed by atoms with Gasteiger partial charge in [0.2, 0.25) is 10.0 Å². The van der Waals surface area contributed by atoms with E-state index in [1.54, 1.807) is 0 Å². The van der Waals surface area contributed by atoms with Crippen molar-refractivity contribution in [1.29, 1.82) is 0 Å². The number of carbonyl (C=O) groups excluding carboxylic acids is 2. The van der Waals surface area contributed by atoms with Crippen LogP contribution in [0.3, 0.4) is 0 Å². The van der Waals surface area contributed by atoms with Gasteiger partial charge in [0.1, 0.15) is 11.6 Å².